The second-order valence-corrected chi connectivity index (χ2v) is 6.26. The minimum Gasteiger partial charge on any atom is -0.476 e. The van der Waals surface area contributed by atoms with Gasteiger partial charge in [-0.25, -0.2) is 14.6 Å². The molecule has 6 nitrogen and oxygen atoms in total. The van der Waals surface area contributed by atoms with E-state index in [1.165, 1.54) is 16.7 Å². The molecule has 1 heterocycles. The van der Waals surface area contributed by atoms with Crippen LogP contribution in [0.4, 0.5) is 10.5 Å². The van der Waals surface area contributed by atoms with Gasteiger partial charge in [0.1, 0.15) is 0 Å². The Morgan fingerprint density at radius 3 is 2.86 bits per heavy atom. The van der Waals surface area contributed by atoms with E-state index < -0.39 is 5.97 Å². The third-order valence-electron chi connectivity index (χ3n) is 2.48. The maximum Gasteiger partial charge on any atom is 0.355 e. The van der Waals surface area contributed by atoms with Crippen molar-refractivity contribution in [2.45, 2.75) is 6.42 Å². The summed E-state index contributed by atoms with van der Waals surface area (Å²) in [6.45, 7) is 0.391. The number of carboxylic acid groups (broad SMARTS) is 1. The van der Waals surface area contributed by atoms with E-state index in [0.29, 0.717) is 18.0 Å². The molecule has 0 bridgehead atoms. The van der Waals surface area contributed by atoms with Crippen LogP contribution in [-0.2, 0) is 6.42 Å². The fraction of sp³-hybridized carbons (Fsp3) is 0.154. The number of aromatic carboxylic acids is 1. The molecule has 0 fully saturated rings. The zero-order valence-corrected chi connectivity index (χ0v) is 13.8. The number of carboxylic acids is 1. The Bertz CT molecular complexity index is 660. The molecule has 3 N–H and O–H groups in total. The zero-order valence-electron chi connectivity index (χ0n) is 10.8. The van der Waals surface area contributed by atoms with Gasteiger partial charge in [0.2, 0.25) is 0 Å². The summed E-state index contributed by atoms with van der Waals surface area (Å²) < 4.78 is 1.04. The van der Waals surface area contributed by atoms with E-state index in [0.717, 1.165) is 9.26 Å². The molecule has 0 aliphatic heterocycles. The molecule has 0 radical (unpaired) electrons. The highest BCUT2D eigenvalue weighted by molar-refractivity contribution is 14.1. The number of aromatic nitrogens is 1. The number of hydrogen-bond acceptors (Lipinski definition) is 4. The second kappa shape index (κ2) is 7.36. The molecule has 110 valence electrons. The molecule has 21 heavy (non-hydrogen) atoms. The van der Waals surface area contributed by atoms with Gasteiger partial charge in [-0.3, -0.25) is 0 Å². The van der Waals surface area contributed by atoms with Gasteiger partial charge in [-0.2, -0.15) is 0 Å². The highest BCUT2D eigenvalue weighted by Gasteiger charge is 2.08. The zero-order chi connectivity index (χ0) is 15.2. The predicted molar refractivity (Wildman–Crippen MR) is 89.0 cm³/mol. The van der Waals surface area contributed by atoms with E-state index in [2.05, 4.69) is 38.2 Å². The molecule has 0 aliphatic rings. The smallest absolute Gasteiger partial charge is 0.355 e. The molecular formula is C13H12IN3O3S. The normalized spacial score (nSPS) is 10.1. The second-order valence-electron chi connectivity index (χ2n) is 4.07. The summed E-state index contributed by atoms with van der Waals surface area (Å²) in [7, 11) is 0. The van der Waals surface area contributed by atoms with E-state index in [4.69, 9.17) is 5.11 Å². The van der Waals surface area contributed by atoms with E-state index >= 15 is 0 Å². The molecular weight excluding hydrogens is 405 g/mol. The van der Waals surface area contributed by atoms with E-state index in [-0.39, 0.29) is 11.7 Å². The molecule has 2 amide bonds. The standard InChI is InChI=1S/C13H12IN3O3S/c14-8-2-1-3-9(6-8)16-13(20)15-5-4-11-17-10(7-21-11)12(18)19/h1-3,6-7H,4-5H2,(H,18,19)(H2,15,16,20). The summed E-state index contributed by atoms with van der Waals surface area (Å²) in [4.78, 5) is 26.3. The van der Waals surface area contributed by atoms with Crippen LogP contribution in [0.5, 0.6) is 0 Å². The molecule has 0 atom stereocenters. The van der Waals surface area contributed by atoms with Crippen LogP contribution in [0.25, 0.3) is 0 Å². The lowest BCUT2D eigenvalue weighted by atomic mass is 10.3. The van der Waals surface area contributed by atoms with Gasteiger partial charge >= 0.3 is 12.0 Å². The lowest BCUT2D eigenvalue weighted by Gasteiger charge is -2.07. The van der Waals surface area contributed by atoms with Gasteiger partial charge in [-0.1, -0.05) is 6.07 Å². The Balaban J connectivity index is 1.77. The largest absolute Gasteiger partial charge is 0.476 e. The average molecular weight is 417 g/mol. The number of halogens is 1. The van der Waals surface area contributed by atoms with Gasteiger partial charge in [0.25, 0.3) is 0 Å². The van der Waals surface area contributed by atoms with Crippen LogP contribution in [-0.4, -0.2) is 28.6 Å². The SMILES string of the molecule is O=C(NCCc1nc(C(=O)O)cs1)Nc1cccc(I)c1. The number of thiazole rings is 1. The van der Waals surface area contributed by atoms with E-state index in [1.54, 1.807) is 0 Å². The summed E-state index contributed by atoms with van der Waals surface area (Å²) in [6.07, 6.45) is 0.498. The number of urea groups is 1. The molecule has 0 spiro atoms. The number of amides is 2. The first-order valence-electron chi connectivity index (χ1n) is 6.03. The third-order valence-corrected chi connectivity index (χ3v) is 4.06. The summed E-state index contributed by atoms with van der Waals surface area (Å²) in [6, 6.07) is 7.17. The number of carbonyl (C=O) groups excluding carboxylic acids is 1. The van der Waals surface area contributed by atoms with Crippen LogP contribution < -0.4 is 10.6 Å². The fourth-order valence-corrected chi connectivity index (χ4v) is 2.86. The first-order valence-corrected chi connectivity index (χ1v) is 7.98. The minimum absolute atomic E-state index is 0.0401. The monoisotopic (exact) mass is 417 g/mol. The van der Waals surface area contributed by atoms with Crippen LogP contribution in [0.15, 0.2) is 29.6 Å². The maximum atomic E-state index is 11.7. The maximum absolute atomic E-state index is 11.7. The van der Waals surface area contributed by atoms with Gasteiger partial charge in [-0.05, 0) is 40.8 Å². The number of nitrogens with zero attached hydrogens (tertiary/aromatic N) is 1. The summed E-state index contributed by atoms with van der Waals surface area (Å²) in [5, 5.41) is 16.4. The van der Waals surface area contributed by atoms with Crippen LogP contribution in [0.1, 0.15) is 15.5 Å². The van der Waals surface area contributed by atoms with Crippen LogP contribution in [0, 0.1) is 3.57 Å². The molecule has 8 heteroatoms. The van der Waals surface area contributed by atoms with Crippen molar-refractivity contribution in [2.75, 3.05) is 11.9 Å². The third kappa shape index (κ3) is 4.97. The van der Waals surface area contributed by atoms with Crippen molar-refractivity contribution in [3.8, 4) is 0 Å². The van der Waals surface area contributed by atoms with Gasteiger partial charge in [0.15, 0.2) is 5.69 Å². The van der Waals surface area contributed by atoms with Crippen molar-refractivity contribution in [2.24, 2.45) is 0 Å². The van der Waals surface area contributed by atoms with E-state index in [9.17, 15) is 9.59 Å². The van der Waals surface area contributed by atoms with Crippen molar-refractivity contribution in [1.82, 2.24) is 10.3 Å². The summed E-state index contributed by atoms with van der Waals surface area (Å²) >= 11 is 3.44. The van der Waals surface area contributed by atoms with Crippen LogP contribution in [0.3, 0.4) is 0 Å². The molecule has 1 aromatic heterocycles. The molecule has 0 saturated heterocycles. The van der Waals surface area contributed by atoms with Crippen LogP contribution in [0.2, 0.25) is 0 Å². The predicted octanol–water partition coefficient (Wildman–Crippen LogP) is 2.81. The molecule has 1 aromatic carbocycles. The Labute approximate surface area is 138 Å². The Morgan fingerprint density at radius 2 is 2.19 bits per heavy atom. The van der Waals surface area contributed by atoms with Crippen molar-refractivity contribution >= 4 is 51.6 Å². The van der Waals surface area contributed by atoms with Crippen molar-refractivity contribution in [1.29, 1.82) is 0 Å². The molecule has 2 rings (SSSR count). The lowest BCUT2D eigenvalue weighted by molar-refractivity contribution is 0.0691. The topological polar surface area (TPSA) is 91.3 Å². The van der Waals surface area contributed by atoms with Gasteiger partial charge < -0.3 is 15.7 Å². The molecule has 0 unspecified atom stereocenters. The minimum atomic E-state index is -1.04. The number of hydrogen-bond donors (Lipinski definition) is 3. The molecule has 0 aliphatic carbocycles. The first kappa shape index (κ1) is 15.7. The quantitative estimate of drug-likeness (QED) is 0.653. The fourth-order valence-electron chi connectivity index (χ4n) is 1.55. The van der Waals surface area contributed by atoms with Gasteiger partial charge in [-0.15, -0.1) is 11.3 Å². The Morgan fingerprint density at radius 1 is 1.38 bits per heavy atom. The average Bonchev–Trinajstić information content (AvgIpc) is 2.87. The first-order chi connectivity index (χ1) is 10.0. The van der Waals surface area contributed by atoms with Gasteiger partial charge in [0.05, 0.1) is 5.01 Å². The van der Waals surface area contributed by atoms with Crippen molar-refractivity contribution < 1.29 is 14.7 Å². The Hall–Kier alpha value is -1.68. The number of nitrogens with one attached hydrogen (secondary N) is 2. The van der Waals surface area contributed by atoms with Crippen LogP contribution >= 0.6 is 33.9 Å². The van der Waals surface area contributed by atoms with Crippen molar-refractivity contribution in [3.05, 3.63) is 43.9 Å². The van der Waals surface area contributed by atoms with Gasteiger partial charge in [0, 0.05) is 27.6 Å². The Kier molecular flexibility index (Phi) is 5.51. The molecule has 2 aromatic rings. The summed E-state index contributed by atoms with van der Waals surface area (Å²) in [5.74, 6) is -1.04. The lowest BCUT2D eigenvalue weighted by Crippen LogP contribution is -2.30. The highest BCUT2D eigenvalue weighted by atomic mass is 127. The number of anilines is 1. The number of carbonyl (C=O) groups is 2. The molecule has 0 saturated carbocycles. The highest BCUT2D eigenvalue weighted by Crippen LogP contribution is 2.12. The summed E-state index contributed by atoms with van der Waals surface area (Å²) in [5.41, 5.74) is 0.764. The number of benzene rings is 1. The number of rotatable bonds is 5. The van der Waals surface area contributed by atoms with Crippen molar-refractivity contribution in [3.63, 3.8) is 0 Å². The van der Waals surface area contributed by atoms with E-state index in [1.807, 2.05) is 24.3 Å².